The summed E-state index contributed by atoms with van der Waals surface area (Å²) < 4.78 is 0. The minimum Gasteiger partial charge on any atom is -0.328 e. The van der Waals surface area contributed by atoms with E-state index >= 15 is 0 Å². The smallest absolute Gasteiger partial charge is 0.316 e. The van der Waals surface area contributed by atoms with Gasteiger partial charge in [-0.2, -0.15) is 0 Å². The predicted molar refractivity (Wildman–Crippen MR) is 74.6 cm³/mol. The maximum absolute atomic E-state index is 10.9. The summed E-state index contributed by atoms with van der Waals surface area (Å²) in [5.74, 6) is 0. The minimum absolute atomic E-state index is 0.442. The molecule has 0 heterocycles. The van der Waals surface area contributed by atoms with E-state index < -0.39 is 5.37 Å². The highest BCUT2D eigenvalue weighted by Gasteiger charge is 2.05. The van der Waals surface area contributed by atoms with Gasteiger partial charge in [0.05, 0.1) is 0 Å². The van der Waals surface area contributed by atoms with E-state index in [0.717, 1.165) is 5.56 Å². The third kappa shape index (κ3) is 3.11. The van der Waals surface area contributed by atoms with Crippen LogP contribution < -0.4 is 0 Å². The molecular weight excluding hydrogens is 246 g/mol. The van der Waals surface area contributed by atoms with Crippen molar-refractivity contribution in [3.05, 3.63) is 60.2 Å². The average molecular weight is 260 g/mol. The molecule has 3 heteroatoms. The van der Waals surface area contributed by atoms with Crippen LogP contribution in [0.1, 0.15) is 5.56 Å². The van der Waals surface area contributed by atoms with E-state index in [1.54, 1.807) is 7.05 Å². The molecule has 0 aliphatic carbocycles. The van der Waals surface area contributed by atoms with Crippen molar-refractivity contribution < 1.29 is 4.79 Å². The molecule has 0 bridgehead atoms. The van der Waals surface area contributed by atoms with Crippen LogP contribution in [0.3, 0.4) is 0 Å². The van der Waals surface area contributed by atoms with Gasteiger partial charge in [0.1, 0.15) is 0 Å². The lowest BCUT2D eigenvalue weighted by atomic mass is 10.0. The van der Waals surface area contributed by atoms with E-state index in [1.807, 2.05) is 30.3 Å². The summed E-state index contributed by atoms with van der Waals surface area (Å²) >= 11 is 5.39. The Balaban J connectivity index is 2.13. The standard InChI is InChI=1S/C15H14ClNO/c1-17(15(16)18)11-12-7-9-14(10-8-12)13-5-3-2-4-6-13/h2-10H,11H2,1H3. The summed E-state index contributed by atoms with van der Waals surface area (Å²) in [6.45, 7) is 0.525. The van der Waals surface area contributed by atoms with Gasteiger partial charge in [0.25, 0.3) is 0 Å². The van der Waals surface area contributed by atoms with Crippen LogP contribution in [0.4, 0.5) is 4.79 Å². The Hall–Kier alpha value is -1.80. The number of amides is 1. The van der Waals surface area contributed by atoms with Crippen molar-refractivity contribution in [1.82, 2.24) is 4.90 Å². The summed E-state index contributed by atoms with van der Waals surface area (Å²) in [5, 5.41) is -0.442. The third-order valence-electron chi connectivity index (χ3n) is 2.78. The van der Waals surface area contributed by atoms with Crippen LogP contribution in [-0.4, -0.2) is 17.3 Å². The molecule has 2 aromatic carbocycles. The Morgan fingerprint density at radius 3 is 2.11 bits per heavy atom. The van der Waals surface area contributed by atoms with Gasteiger partial charge in [-0.05, 0) is 28.3 Å². The summed E-state index contributed by atoms with van der Waals surface area (Å²) in [6, 6.07) is 18.3. The molecule has 2 rings (SSSR count). The van der Waals surface area contributed by atoms with Gasteiger partial charge < -0.3 is 4.90 Å². The molecule has 2 nitrogen and oxygen atoms in total. The highest BCUT2D eigenvalue weighted by atomic mass is 35.5. The highest BCUT2D eigenvalue weighted by Crippen LogP contribution is 2.19. The van der Waals surface area contributed by atoms with Crippen LogP contribution in [0.5, 0.6) is 0 Å². The first-order valence-electron chi connectivity index (χ1n) is 5.72. The fourth-order valence-electron chi connectivity index (χ4n) is 1.77. The zero-order valence-corrected chi connectivity index (χ0v) is 10.9. The monoisotopic (exact) mass is 259 g/mol. The molecule has 92 valence electrons. The van der Waals surface area contributed by atoms with Gasteiger partial charge in [-0.25, -0.2) is 0 Å². The van der Waals surface area contributed by atoms with Gasteiger partial charge in [0.2, 0.25) is 0 Å². The van der Waals surface area contributed by atoms with Crippen LogP contribution in [-0.2, 0) is 6.54 Å². The van der Waals surface area contributed by atoms with E-state index in [2.05, 4.69) is 24.3 Å². The fourth-order valence-corrected chi connectivity index (χ4v) is 1.83. The van der Waals surface area contributed by atoms with Crippen LogP contribution in [0.25, 0.3) is 11.1 Å². The summed E-state index contributed by atoms with van der Waals surface area (Å²) in [4.78, 5) is 12.4. The first-order valence-corrected chi connectivity index (χ1v) is 6.09. The number of halogens is 1. The normalized spacial score (nSPS) is 10.1. The van der Waals surface area contributed by atoms with Gasteiger partial charge >= 0.3 is 5.37 Å². The Morgan fingerprint density at radius 1 is 1.00 bits per heavy atom. The van der Waals surface area contributed by atoms with Gasteiger partial charge in [0.15, 0.2) is 0 Å². The summed E-state index contributed by atoms with van der Waals surface area (Å²) in [6.07, 6.45) is 0. The lowest BCUT2D eigenvalue weighted by Crippen LogP contribution is -2.19. The number of hydrogen-bond donors (Lipinski definition) is 0. The Bertz CT molecular complexity index is 522. The van der Waals surface area contributed by atoms with Gasteiger partial charge in [0, 0.05) is 13.6 Å². The van der Waals surface area contributed by atoms with Crippen molar-refractivity contribution in [3.8, 4) is 11.1 Å². The lowest BCUT2D eigenvalue weighted by Gasteiger charge is -2.13. The molecule has 2 aromatic rings. The quantitative estimate of drug-likeness (QED) is 0.599. The Morgan fingerprint density at radius 2 is 1.56 bits per heavy atom. The van der Waals surface area contributed by atoms with E-state index in [0.29, 0.717) is 6.54 Å². The highest BCUT2D eigenvalue weighted by molar-refractivity contribution is 6.62. The van der Waals surface area contributed by atoms with E-state index in [1.165, 1.54) is 16.0 Å². The SMILES string of the molecule is CN(Cc1ccc(-c2ccccc2)cc1)C(=O)Cl. The molecular formula is C15H14ClNO. The van der Waals surface area contributed by atoms with E-state index in [9.17, 15) is 4.79 Å². The molecule has 0 aromatic heterocycles. The topological polar surface area (TPSA) is 20.3 Å². The first kappa shape index (κ1) is 12.7. The molecule has 0 radical (unpaired) electrons. The van der Waals surface area contributed by atoms with Crippen LogP contribution in [0.15, 0.2) is 54.6 Å². The molecule has 0 saturated heterocycles. The number of carbonyl (C=O) groups excluding carboxylic acids is 1. The predicted octanol–water partition coefficient (Wildman–Crippen LogP) is 4.14. The zero-order chi connectivity index (χ0) is 13.0. The molecule has 0 N–H and O–H groups in total. The summed E-state index contributed by atoms with van der Waals surface area (Å²) in [5.41, 5.74) is 3.41. The van der Waals surface area contributed by atoms with Crippen LogP contribution in [0, 0.1) is 0 Å². The molecule has 0 aliphatic heterocycles. The van der Waals surface area contributed by atoms with E-state index in [4.69, 9.17) is 11.6 Å². The second-order valence-electron chi connectivity index (χ2n) is 4.17. The second-order valence-corrected chi connectivity index (χ2v) is 4.50. The number of carbonyl (C=O) groups is 1. The Labute approximate surface area is 112 Å². The molecule has 1 amide bonds. The van der Waals surface area contributed by atoms with Crippen molar-refractivity contribution in [3.63, 3.8) is 0 Å². The average Bonchev–Trinajstić information content (AvgIpc) is 2.40. The van der Waals surface area contributed by atoms with Gasteiger partial charge in [-0.3, -0.25) is 4.79 Å². The van der Waals surface area contributed by atoms with Crippen molar-refractivity contribution in [2.24, 2.45) is 0 Å². The van der Waals surface area contributed by atoms with Gasteiger partial charge in [-0.1, -0.05) is 54.6 Å². The number of benzene rings is 2. The maximum atomic E-state index is 10.9. The van der Waals surface area contributed by atoms with Crippen LogP contribution in [0.2, 0.25) is 0 Å². The fraction of sp³-hybridized carbons (Fsp3) is 0.133. The van der Waals surface area contributed by atoms with Crippen molar-refractivity contribution >= 4 is 17.0 Å². The summed E-state index contributed by atoms with van der Waals surface area (Å²) in [7, 11) is 1.68. The van der Waals surface area contributed by atoms with E-state index in [-0.39, 0.29) is 0 Å². The molecule has 18 heavy (non-hydrogen) atoms. The third-order valence-corrected chi connectivity index (χ3v) is 3.07. The first-order chi connectivity index (χ1) is 8.66. The second kappa shape index (κ2) is 5.69. The van der Waals surface area contributed by atoms with Crippen LogP contribution >= 0.6 is 11.6 Å². The zero-order valence-electron chi connectivity index (χ0n) is 10.1. The van der Waals surface area contributed by atoms with Crippen molar-refractivity contribution in [1.29, 1.82) is 0 Å². The number of rotatable bonds is 3. The van der Waals surface area contributed by atoms with Gasteiger partial charge in [-0.15, -0.1) is 0 Å². The molecule has 0 aliphatic rings. The number of hydrogen-bond acceptors (Lipinski definition) is 1. The molecule has 0 fully saturated rings. The molecule has 0 unspecified atom stereocenters. The minimum atomic E-state index is -0.442. The van der Waals surface area contributed by atoms with Crippen molar-refractivity contribution in [2.75, 3.05) is 7.05 Å². The van der Waals surface area contributed by atoms with Crippen molar-refractivity contribution in [2.45, 2.75) is 6.54 Å². The Kier molecular flexibility index (Phi) is 4.00. The molecule has 0 saturated carbocycles. The maximum Gasteiger partial charge on any atom is 0.316 e. The number of nitrogens with zero attached hydrogens (tertiary/aromatic N) is 1. The molecule has 0 spiro atoms. The molecule has 0 atom stereocenters. The largest absolute Gasteiger partial charge is 0.328 e. The lowest BCUT2D eigenvalue weighted by molar-refractivity contribution is 0.230.